The van der Waals surface area contributed by atoms with Gasteiger partial charge in [0.2, 0.25) is 5.91 Å². The van der Waals surface area contributed by atoms with Gasteiger partial charge in [0.25, 0.3) is 0 Å². The van der Waals surface area contributed by atoms with Crippen LogP contribution >= 0.6 is 0 Å². The lowest BCUT2D eigenvalue weighted by atomic mass is 10.0. The molecule has 1 aliphatic rings. The highest BCUT2D eigenvalue weighted by molar-refractivity contribution is 5.87. The Labute approximate surface area is 107 Å². The fourth-order valence-corrected chi connectivity index (χ4v) is 2.08. The number of nitrogens with one attached hydrogen (secondary N) is 2. The Bertz CT molecular complexity index is 409. The zero-order valence-corrected chi connectivity index (χ0v) is 10.8. The molecule has 1 aromatic rings. The van der Waals surface area contributed by atoms with Gasteiger partial charge in [0.15, 0.2) is 0 Å². The summed E-state index contributed by atoms with van der Waals surface area (Å²) in [6.07, 6.45) is 0.724. The molecule has 4 nitrogen and oxygen atoms in total. The molecule has 1 amide bonds. The van der Waals surface area contributed by atoms with Crippen molar-refractivity contribution in [2.75, 3.05) is 11.9 Å². The number of anilines is 1. The summed E-state index contributed by atoms with van der Waals surface area (Å²) >= 11 is 0. The minimum absolute atomic E-state index is 0.000926. The molecule has 2 rings (SSSR count). The molecule has 0 aliphatic carbocycles. The summed E-state index contributed by atoms with van der Waals surface area (Å²) in [7, 11) is 0. The van der Waals surface area contributed by atoms with Crippen LogP contribution in [-0.4, -0.2) is 29.7 Å². The van der Waals surface area contributed by atoms with Gasteiger partial charge in [0, 0.05) is 24.8 Å². The number of fused-ring (bicyclic) bond motifs is 1. The number of aliphatic hydroxyl groups excluding tert-OH is 1. The summed E-state index contributed by atoms with van der Waals surface area (Å²) in [6.45, 7) is 3.92. The van der Waals surface area contributed by atoms with Crippen LogP contribution in [0, 0.1) is 5.92 Å². The second-order valence-corrected chi connectivity index (χ2v) is 5.02. The molecule has 3 N–H and O–H groups in total. The first-order valence-corrected chi connectivity index (χ1v) is 6.37. The van der Waals surface area contributed by atoms with E-state index in [2.05, 4.69) is 10.6 Å². The summed E-state index contributed by atoms with van der Waals surface area (Å²) < 4.78 is 0. The van der Waals surface area contributed by atoms with Crippen LogP contribution in [0.15, 0.2) is 24.3 Å². The fourth-order valence-electron chi connectivity index (χ4n) is 2.08. The largest absolute Gasteiger partial charge is 0.396 e. The van der Waals surface area contributed by atoms with Gasteiger partial charge in [0.05, 0.1) is 0 Å². The topological polar surface area (TPSA) is 61.4 Å². The second-order valence-electron chi connectivity index (χ2n) is 5.02. The minimum atomic E-state index is -0.198. The van der Waals surface area contributed by atoms with Crippen LogP contribution < -0.4 is 10.6 Å². The van der Waals surface area contributed by atoms with Gasteiger partial charge in [-0.1, -0.05) is 25.1 Å². The summed E-state index contributed by atoms with van der Waals surface area (Å²) in [5, 5.41) is 15.2. The molecule has 1 aromatic carbocycles. The van der Waals surface area contributed by atoms with E-state index >= 15 is 0 Å². The molecule has 4 heteroatoms. The highest BCUT2D eigenvalue weighted by Gasteiger charge is 2.27. The van der Waals surface area contributed by atoms with E-state index in [9.17, 15) is 4.79 Å². The first kappa shape index (κ1) is 12.9. The average Bonchev–Trinajstić information content (AvgIpc) is 2.81. The van der Waals surface area contributed by atoms with Crippen molar-refractivity contribution in [2.24, 2.45) is 5.92 Å². The van der Waals surface area contributed by atoms with Gasteiger partial charge in [-0.05, 0) is 24.5 Å². The van der Waals surface area contributed by atoms with Crippen LogP contribution in [0.4, 0.5) is 5.69 Å². The summed E-state index contributed by atoms with van der Waals surface area (Å²) in [5.74, 6) is 0.0664. The van der Waals surface area contributed by atoms with E-state index < -0.39 is 0 Å². The van der Waals surface area contributed by atoms with E-state index in [1.165, 1.54) is 5.56 Å². The second kappa shape index (κ2) is 5.40. The number of carbonyl (C=O) groups is 1. The number of para-hydroxylation sites is 1. The van der Waals surface area contributed by atoms with Crippen LogP contribution in [0.5, 0.6) is 0 Å². The van der Waals surface area contributed by atoms with Crippen LogP contribution in [0.2, 0.25) is 0 Å². The predicted octanol–water partition coefficient (Wildman–Crippen LogP) is 1.16. The number of hydrogen-bond acceptors (Lipinski definition) is 3. The number of benzene rings is 1. The van der Waals surface area contributed by atoms with E-state index in [0.29, 0.717) is 0 Å². The molecule has 0 saturated carbocycles. The van der Waals surface area contributed by atoms with E-state index in [-0.39, 0.29) is 30.5 Å². The van der Waals surface area contributed by atoms with Crippen molar-refractivity contribution in [1.82, 2.24) is 5.32 Å². The maximum Gasteiger partial charge on any atom is 0.243 e. The Hall–Kier alpha value is -1.55. The molecule has 2 unspecified atom stereocenters. The molecule has 0 bridgehead atoms. The van der Waals surface area contributed by atoms with E-state index in [1.807, 2.05) is 38.1 Å². The smallest absolute Gasteiger partial charge is 0.243 e. The maximum absolute atomic E-state index is 12.1. The van der Waals surface area contributed by atoms with Crippen LogP contribution in [0.25, 0.3) is 0 Å². The predicted molar refractivity (Wildman–Crippen MR) is 71.4 cm³/mol. The number of carbonyl (C=O) groups excluding carboxylic acids is 1. The van der Waals surface area contributed by atoms with Crippen molar-refractivity contribution >= 4 is 11.6 Å². The van der Waals surface area contributed by atoms with Gasteiger partial charge < -0.3 is 15.7 Å². The van der Waals surface area contributed by atoms with Crippen molar-refractivity contribution in [1.29, 1.82) is 0 Å². The first-order valence-electron chi connectivity index (χ1n) is 6.37. The minimum Gasteiger partial charge on any atom is -0.396 e. The highest BCUT2D eigenvalue weighted by atomic mass is 16.3. The quantitative estimate of drug-likeness (QED) is 0.749. The van der Waals surface area contributed by atoms with Gasteiger partial charge in [-0.25, -0.2) is 0 Å². The lowest BCUT2D eigenvalue weighted by Gasteiger charge is -2.21. The molecular formula is C14H20N2O2. The fraction of sp³-hybridized carbons (Fsp3) is 0.500. The number of amides is 1. The van der Waals surface area contributed by atoms with Crippen molar-refractivity contribution in [3.8, 4) is 0 Å². The van der Waals surface area contributed by atoms with Crippen LogP contribution in [0.3, 0.4) is 0 Å². The van der Waals surface area contributed by atoms with Crippen molar-refractivity contribution < 1.29 is 9.90 Å². The van der Waals surface area contributed by atoms with Gasteiger partial charge in [-0.3, -0.25) is 4.79 Å². The normalized spacial score (nSPS) is 20.7. The molecular weight excluding hydrogens is 228 g/mol. The highest BCUT2D eigenvalue weighted by Crippen LogP contribution is 2.25. The summed E-state index contributed by atoms with van der Waals surface area (Å²) in [4.78, 5) is 12.1. The lowest BCUT2D eigenvalue weighted by molar-refractivity contribution is -0.122. The third-order valence-corrected chi connectivity index (χ3v) is 3.60. The Kier molecular flexibility index (Phi) is 3.87. The molecule has 18 heavy (non-hydrogen) atoms. The molecule has 1 heterocycles. The van der Waals surface area contributed by atoms with Crippen LogP contribution in [-0.2, 0) is 11.2 Å². The molecule has 0 radical (unpaired) electrons. The number of hydrogen-bond donors (Lipinski definition) is 3. The summed E-state index contributed by atoms with van der Waals surface area (Å²) in [5.41, 5.74) is 2.22. The Balaban J connectivity index is 1.93. The van der Waals surface area contributed by atoms with Crippen molar-refractivity contribution in [3.63, 3.8) is 0 Å². The van der Waals surface area contributed by atoms with Gasteiger partial charge in [-0.2, -0.15) is 0 Å². The molecule has 98 valence electrons. The Morgan fingerprint density at radius 1 is 1.50 bits per heavy atom. The Morgan fingerprint density at radius 3 is 2.89 bits per heavy atom. The molecule has 0 spiro atoms. The zero-order chi connectivity index (χ0) is 13.1. The third-order valence-electron chi connectivity index (χ3n) is 3.60. The van der Waals surface area contributed by atoms with Gasteiger partial charge in [0.1, 0.15) is 6.04 Å². The number of aliphatic hydroxyl groups is 1. The number of rotatable bonds is 4. The molecule has 0 saturated heterocycles. The van der Waals surface area contributed by atoms with Crippen molar-refractivity contribution in [3.05, 3.63) is 29.8 Å². The zero-order valence-electron chi connectivity index (χ0n) is 10.8. The third kappa shape index (κ3) is 2.64. The molecule has 3 atom stereocenters. The standard InChI is InChI=1S/C14H20N2O2/c1-9(8-17)10(2)15-14(18)13-7-11-5-3-4-6-12(11)16-13/h3-6,9-10,13,16-17H,7-8H2,1-2H3,(H,15,18)/t9?,10?,13-/m0/s1. The van der Waals surface area contributed by atoms with E-state index in [0.717, 1.165) is 12.1 Å². The molecule has 0 aromatic heterocycles. The monoisotopic (exact) mass is 248 g/mol. The molecule has 1 aliphatic heterocycles. The van der Waals surface area contributed by atoms with Gasteiger partial charge >= 0.3 is 0 Å². The van der Waals surface area contributed by atoms with Crippen molar-refractivity contribution in [2.45, 2.75) is 32.4 Å². The first-order chi connectivity index (χ1) is 8.61. The van der Waals surface area contributed by atoms with Crippen LogP contribution in [0.1, 0.15) is 19.4 Å². The Morgan fingerprint density at radius 2 is 2.22 bits per heavy atom. The lowest BCUT2D eigenvalue weighted by Crippen LogP contribution is -2.45. The van der Waals surface area contributed by atoms with Gasteiger partial charge in [-0.15, -0.1) is 0 Å². The average molecular weight is 248 g/mol. The maximum atomic E-state index is 12.1. The van der Waals surface area contributed by atoms with E-state index in [1.54, 1.807) is 0 Å². The molecule has 0 fully saturated rings. The summed E-state index contributed by atoms with van der Waals surface area (Å²) in [6, 6.07) is 7.75. The SMILES string of the molecule is CC(CO)C(C)NC(=O)[C@@H]1Cc2ccccc2N1. The van der Waals surface area contributed by atoms with E-state index in [4.69, 9.17) is 5.11 Å².